The number of aliphatic hydroxyl groups excluding tert-OH is 2. The summed E-state index contributed by atoms with van der Waals surface area (Å²) in [6.07, 6.45) is 79.8. The molecule has 2 unspecified atom stereocenters. The highest BCUT2D eigenvalue weighted by molar-refractivity contribution is 5.76. The van der Waals surface area contributed by atoms with Crippen molar-refractivity contribution in [1.29, 1.82) is 0 Å². The molecule has 0 aromatic carbocycles. The van der Waals surface area contributed by atoms with Crippen molar-refractivity contribution in [2.75, 3.05) is 13.2 Å². The van der Waals surface area contributed by atoms with Gasteiger partial charge < -0.3 is 20.3 Å². The molecule has 6 heteroatoms. The van der Waals surface area contributed by atoms with E-state index in [1.54, 1.807) is 0 Å². The second kappa shape index (κ2) is 65.1. The Bertz CT molecular complexity index is 1130. The van der Waals surface area contributed by atoms with E-state index in [0.29, 0.717) is 25.9 Å². The lowest BCUT2D eigenvalue weighted by molar-refractivity contribution is -0.143. The summed E-state index contributed by atoms with van der Waals surface area (Å²) in [6, 6.07) is -0.538. The molecule has 0 spiro atoms. The number of aliphatic hydroxyl groups is 2. The van der Waals surface area contributed by atoms with Crippen molar-refractivity contribution >= 4 is 11.9 Å². The third-order valence-corrected chi connectivity index (χ3v) is 16.3. The maximum atomic E-state index is 12.5. The molecule has 0 aliphatic heterocycles. The predicted molar refractivity (Wildman–Crippen MR) is 329 cm³/mol. The van der Waals surface area contributed by atoms with Gasteiger partial charge in [-0.2, -0.15) is 0 Å². The fourth-order valence-electron chi connectivity index (χ4n) is 11.1. The van der Waals surface area contributed by atoms with Crippen molar-refractivity contribution in [2.24, 2.45) is 0 Å². The number of unbranched alkanes of at least 4 members (excludes halogenated alkanes) is 52. The summed E-state index contributed by atoms with van der Waals surface area (Å²) in [5.74, 6) is -0.0104. The molecule has 0 aliphatic rings. The third-order valence-electron chi connectivity index (χ3n) is 16.3. The number of ether oxygens (including phenoxy) is 1. The van der Waals surface area contributed by atoms with Crippen LogP contribution >= 0.6 is 0 Å². The molecule has 0 fully saturated rings. The van der Waals surface area contributed by atoms with Gasteiger partial charge in [-0.25, -0.2) is 0 Å². The molecular weight excluding hydrogens is 923 g/mol. The molecule has 0 aromatic heterocycles. The molecule has 2 atom stereocenters. The van der Waals surface area contributed by atoms with Crippen LogP contribution in [0.3, 0.4) is 0 Å². The van der Waals surface area contributed by atoms with E-state index in [2.05, 4.69) is 31.3 Å². The van der Waals surface area contributed by atoms with Gasteiger partial charge in [0.05, 0.1) is 25.4 Å². The van der Waals surface area contributed by atoms with Crippen molar-refractivity contribution in [1.82, 2.24) is 5.32 Å². The van der Waals surface area contributed by atoms with Crippen molar-refractivity contribution in [2.45, 2.75) is 405 Å². The first kappa shape index (κ1) is 73.6. The number of carbonyl (C=O) groups excluding carboxylic acids is 2. The summed E-state index contributed by atoms with van der Waals surface area (Å²) in [5, 5.41) is 23.2. The van der Waals surface area contributed by atoms with Gasteiger partial charge in [0.1, 0.15) is 0 Å². The van der Waals surface area contributed by atoms with Crippen LogP contribution in [0.2, 0.25) is 0 Å². The van der Waals surface area contributed by atoms with Gasteiger partial charge >= 0.3 is 5.97 Å². The first-order chi connectivity index (χ1) is 37.0. The number of hydrogen-bond donors (Lipinski definition) is 3. The van der Waals surface area contributed by atoms with Crippen LogP contribution in [-0.2, 0) is 14.3 Å². The van der Waals surface area contributed by atoms with E-state index >= 15 is 0 Å². The first-order valence-electron chi connectivity index (χ1n) is 34.4. The first-order valence-corrected chi connectivity index (χ1v) is 34.4. The fraction of sp³-hybridized carbons (Fsp3) is 0.942. The molecule has 0 radical (unpaired) electrons. The Hall–Kier alpha value is -1.40. The van der Waals surface area contributed by atoms with Gasteiger partial charge in [-0.05, 0) is 51.4 Å². The van der Waals surface area contributed by atoms with E-state index in [1.807, 2.05) is 0 Å². The number of allylic oxidation sites excluding steroid dienone is 2. The van der Waals surface area contributed by atoms with Crippen molar-refractivity contribution in [3.63, 3.8) is 0 Å². The average Bonchev–Trinajstić information content (AvgIpc) is 3.41. The summed E-state index contributed by atoms with van der Waals surface area (Å²) in [4.78, 5) is 24.6. The lowest BCUT2D eigenvalue weighted by atomic mass is 10.0. The minimum atomic E-state index is -0.661. The highest BCUT2D eigenvalue weighted by Gasteiger charge is 2.20. The Morgan fingerprint density at radius 3 is 0.947 bits per heavy atom. The Morgan fingerprint density at radius 1 is 0.360 bits per heavy atom. The molecule has 0 heterocycles. The van der Waals surface area contributed by atoms with Crippen LogP contribution < -0.4 is 5.32 Å². The summed E-state index contributed by atoms with van der Waals surface area (Å²) >= 11 is 0. The zero-order valence-electron chi connectivity index (χ0n) is 51.1. The number of carbonyl (C=O) groups is 2. The average molecular weight is 1060 g/mol. The molecule has 6 nitrogen and oxygen atoms in total. The Morgan fingerprint density at radius 2 is 0.627 bits per heavy atom. The van der Waals surface area contributed by atoms with Gasteiger partial charge in [-0.3, -0.25) is 9.59 Å². The normalized spacial score (nSPS) is 12.5. The van der Waals surface area contributed by atoms with E-state index in [1.165, 1.54) is 321 Å². The molecule has 0 bridgehead atoms. The minimum absolute atomic E-state index is 0.0214. The maximum Gasteiger partial charge on any atom is 0.305 e. The number of rotatable bonds is 65. The Balaban J connectivity index is 3.33. The molecule has 0 saturated carbocycles. The Labute approximate surface area is 469 Å². The molecule has 0 saturated heterocycles. The van der Waals surface area contributed by atoms with Gasteiger partial charge in [-0.15, -0.1) is 0 Å². The number of nitrogens with one attached hydrogen (secondary N) is 1. The quantitative estimate of drug-likeness (QED) is 0.0320. The van der Waals surface area contributed by atoms with Gasteiger partial charge in [-0.1, -0.05) is 341 Å². The summed E-state index contributed by atoms with van der Waals surface area (Å²) in [5.41, 5.74) is 0. The largest absolute Gasteiger partial charge is 0.466 e. The zero-order valence-corrected chi connectivity index (χ0v) is 51.1. The summed E-state index contributed by atoms with van der Waals surface area (Å²) < 4.78 is 5.50. The molecule has 0 rings (SSSR count). The minimum Gasteiger partial charge on any atom is -0.466 e. The van der Waals surface area contributed by atoms with E-state index in [-0.39, 0.29) is 18.5 Å². The van der Waals surface area contributed by atoms with Crippen LogP contribution in [0.4, 0.5) is 0 Å². The van der Waals surface area contributed by atoms with E-state index in [9.17, 15) is 19.8 Å². The van der Waals surface area contributed by atoms with Crippen LogP contribution in [0.25, 0.3) is 0 Å². The van der Waals surface area contributed by atoms with E-state index < -0.39 is 12.1 Å². The number of hydrogen-bond acceptors (Lipinski definition) is 5. The summed E-state index contributed by atoms with van der Waals surface area (Å²) in [7, 11) is 0. The second-order valence-corrected chi connectivity index (χ2v) is 23.9. The van der Waals surface area contributed by atoms with E-state index in [0.717, 1.165) is 38.5 Å². The highest BCUT2D eigenvalue weighted by Crippen LogP contribution is 2.19. The van der Waals surface area contributed by atoms with Crippen molar-refractivity contribution < 1.29 is 24.5 Å². The lowest BCUT2D eigenvalue weighted by Crippen LogP contribution is -2.45. The molecular formula is C69H135NO5. The highest BCUT2D eigenvalue weighted by atomic mass is 16.5. The standard InChI is InChI=1S/C69H135NO5/c1-3-5-7-9-11-13-15-17-18-36-39-43-47-51-55-59-63-69(74)75-64-60-56-52-48-44-40-37-34-32-30-28-26-24-22-20-19-21-23-25-27-29-31-33-35-38-42-46-50-54-58-62-68(73)70-66(65-71)67(72)61-57-53-49-45-41-16-14-12-10-8-6-4-2/h20,22,66-67,71-72H,3-19,21,23-65H2,1-2H3,(H,70,73)/b22-20-. The maximum absolute atomic E-state index is 12.5. The van der Waals surface area contributed by atoms with Crippen molar-refractivity contribution in [3.05, 3.63) is 12.2 Å². The van der Waals surface area contributed by atoms with Gasteiger partial charge in [0.15, 0.2) is 0 Å². The topological polar surface area (TPSA) is 95.9 Å². The van der Waals surface area contributed by atoms with Gasteiger partial charge in [0.2, 0.25) is 5.91 Å². The van der Waals surface area contributed by atoms with Crippen LogP contribution in [-0.4, -0.2) is 47.4 Å². The molecule has 0 aromatic rings. The molecule has 446 valence electrons. The fourth-order valence-corrected chi connectivity index (χ4v) is 11.1. The van der Waals surface area contributed by atoms with Crippen LogP contribution in [0, 0.1) is 0 Å². The van der Waals surface area contributed by atoms with Gasteiger partial charge in [0, 0.05) is 12.8 Å². The SMILES string of the molecule is CCCCCCCCCCCCCCCCCCC(=O)OCCCCCCCCCCCCCC/C=C\CCCCCCCCCCCCCCCCC(=O)NC(CO)C(O)CCCCCCCCCCCCCC. The van der Waals surface area contributed by atoms with E-state index in [4.69, 9.17) is 4.74 Å². The molecule has 1 amide bonds. The number of esters is 1. The summed E-state index contributed by atoms with van der Waals surface area (Å²) in [6.45, 7) is 4.98. The second-order valence-electron chi connectivity index (χ2n) is 23.9. The lowest BCUT2D eigenvalue weighted by Gasteiger charge is -2.22. The molecule has 0 aliphatic carbocycles. The molecule has 75 heavy (non-hydrogen) atoms. The molecule has 3 N–H and O–H groups in total. The van der Waals surface area contributed by atoms with Gasteiger partial charge in [0.25, 0.3) is 0 Å². The monoisotopic (exact) mass is 1060 g/mol. The van der Waals surface area contributed by atoms with Crippen LogP contribution in [0.15, 0.2) is 12.2 Å². The number of amides is 1. The van der Waals surface area contributed by atoms with Crippen LogP contribution in [0.5, 0.6) is 0 Å². The zero-order chi connectivity index (χ0) is 54.3. The van der Waals surface area contributed by atoms with Crippen molar-refractivity contribution in [3.8, 4) is 0 Å². The third kappa shape index (κ3) is 61.7. The van der Waals surface area contributed by atoms with Crippen LogP contribution in [0.1, 0.15) is 393 Å². The predicted octanol–water partition coefficient (Wildman–Crippen LogP) is 22.0. The smallest absolute Gasteiger partial charge is 0.305 e. The Kier molecular flexibility index (Phi) is 63.9.